The van der Waals surface area contributed by atoms with Crippen molar-refractivity contribution in [3.05, 3.63) is 29.6 Å². The molecule has 8 heteroatoms. The van der Waals surface area contributed by atoms with Gasteiger partial charge in [-0.05, 0) is 18.2 Å². The zero-order chi connectivity index (χ0) is 17.7. The summed E-state index contributed by atoms with van der Waals surface area (Å²) in [4.78, 5) is 37.4. The summed E-state index contributed by atoms with van der Waals surface area (Å²) in [5, 5.41) is 11.7. The second-order valence-electron chi connectivity index (χ2n) is 5.24. The molecule has 6 nitrogen and oxygen atoms in total. The van der Waals surface area contributed by atoms with Crippen molar-refractivity contribution in [2.24, 2.45) is 5.92 Å². The van der Waals surface area contributed by atoms with E-state index in [2.05, 4.69) is 5.32 Å². The van der Waals surface area contributed by atoms with E-state index in [-0.39, 0.29) is 17.2 Å². The van der Waals surface area contributed by atoms with Crippen molar-refractivity contribution < 1.29 is 18.8 Å². The standard InChI is InChI=1S/C16H16FN3O3S/c1-10(21)19-11-2-3-14(17)12(8-11)15(22)13(9-18)16(23)20-4-6-24-7-5-20/h2-3,8,13H,4-7H2,1H3,(H,19,21)/t13-/m0/s1. The number of Topliss-reactive ketones (excluding diaryl/α,β-unsaturated/α-hetero) is 1. The van der Waals surface area contributed by atoms with Crippen LogP contribution in [0.1, 0.15) is 17.3 Å². The van der Waals surface area contributed by atoms with Gasteiger partial charge in [0.15, 0.2) is 11.7 Å². The van der Waals surface area contributed by atoms with Gasteiger partial charge in [0, 0.05) is 37.2 Å². The molecule has 2 amide bonds. The number of benzene rings is 1. The largest absolute Gasteiger partial charge is 0.339 e. The van der Waals surface area contributed by atoms with Crippen LogP contribution in [0.2, 0.25) is 0 Å². The van der Waals surface area contributed by atoms with E-state index in [0.29, 0.717) is 13.1 Å². The summed E-state index contributed by atoms with van der Waals surface area (Å²) in [7, 11) is 0. The van der Waals surface area contributed by atoms with Crippen LogP contribution in [0.5, 0.6) is 0 Å². The third-order valence-electron chi connectivity index (χ3n) is 3.51. The van der Waals surface area contributed by atoms with Gasteiger partial charge in [-0.1, -0.05) is 0 Å². The number of anilines is 1. The summed E-state index contributed by atoms with van der Waals surface area (Å²) < 4.78 is 14.0. The number of rotatable bonds is 4. The van der Waals surface area contributed by atoms with E-state index in [1.54, 1.807) is 17.8 Å². The molecule has 0 radical (unpaired) electrons. The normalized spacial score (nSPS) is 15.3. The number of carbonyl (C=O) groups excluding carboxylic acids is 3. The number of halogens is 1. The van der Waals surface area contributed by atoms with Gasteiger partial charge in [0.1, 0.15) is 5.82 Å². The number of amides is 2. The second-order valence-corrected chi connectivity index (χ2v) is 6.46. The highest BCUT2D eigenvalue weighted by Crippen LogP contribution is 2.21. The molecule has 1 aliphatic rings. The Hall–Kier alpha value is -2.40. The van der Waals surface area contributed by atoms with Gasteiger partial charge < -0.3 is 10.2 Å². The van der Waals surface area contributed by atoms with E-state index >= 15 is 0 Å². The molecule has 0 saturated carbocycles. The van der Waals surface area contributed by atoms with E-state index in [1.165, 1.54) is 17.9 Å². The molecule has 0 bridgehead atoms. The Balaban J connectivity index is 2.26. The lowest BCUT2D eigenvalue weighted by molar-refractivity contribution is -0.132. The quantitative estimate of drug-likeness (QED) is 0.660. The topological polar surface area (TPSA) is 90.3 Å². The highest BCUT2D eigenvalue weighted by molar-refractivity contribution is 7.99. The number of ketones is 1. The number of thioether (sulfide) groups is 1. The van der Waals surface area contributed by atoms with Crippen LogP contribution in [0, 0.1) is 23.1 Å². The molecule has 1 fully saturated rings. The van der Waals surface area contributed by atoms with Gasteiger partial charge in [0.25, 0.3) is 0 Å². The number of nitrogens with one attached hydrogen (secondary N) is 1. The molecule has 0 unspecified atom stereocenters. The van der Waals surface area contributed by atoms with Crippen molar-refractivity contribution in [3.63, 3.8) is 0 Å². The summed E-state index contributed by atoms with van der Waals surface area (Å²) in [5.74, 6) is -2.82. The van der Waals surface area contributed by atoms with Crippen LogP contribution >= 0.6 is 11.8 Å². The Bertz CT molecular complexity index is 711. The van der Waals surface area contributed by atoms with E-state index in [9.17, 15) is 24.0 Å². The lowest BCUT2D eigenvalue weighted by Crippen LogP contribution is -2.43. The Morgan fingerprint density at radius 1 is 1.33 bits per heavy atom. The fourth-order valence-corrected chi connectivity index (χ4v) is 3.25. The molecule has 126 valence electrons. The number of hydrogen-bond acceptors (Lipinski definition) is 5. The van der Waals surface area contributed by atoms with Gasteiger partial charge in [-0.3, -0.25) is 14.4 Å². The first kappa shape index (κ1) is 17.9. The molecule has 0 aromatic heterocycles. The van der Waals surface area contributed by atoms with E-state index < -0.39 is 23.4 Å². The van der Waals surface area contributed by atoms with Crippen molar-refractivity contribution in [2.75, 3.05) is 29.9 Å². The Morgan fingerprint density at radius 2 is 2.00 bits per heavy atom. The number of hydrogen-bond donors (Lipinski definition) is 1. The summed E-state index contributed by atoms with van der Waals surface area (Å²) in [6.07, 6.45) is 0. The van der Waals surface area contributed by atoms with Crippen molar-refractivity contribution in [1.82, 2.24) is 4.90 Å². The maximum absolute atomic E-state index is 14.0. The molecule has 1 N–H and O–H groups in total. The lowest BCUT2D eigenvalue weighted by atomic mass is 9.96. The molecule has 24 heavy (non-hydrogen) atoms. The van der Waals surface area contributed by atoms with Crippen LogP contribution < -0.4 is 5.32 Å². The lowest BCUT2D eigenvalue weighted by Gasteiger charge is -2.27. The predicted octanol–water partition coefficient (Wildman–Crippen LogP) is 1.68. The third-order valence-corrected chi connectivity index (χ3v) is 4.46. The minimum Gasteiger partial charge on any atom is -0.339 e. The molecule has 0 aliphatic carbocycles. The molecular weight excluding hydrogens is 333 g/mol. The Morgan fingerprint density at radius 3 is 2.58 bits per heavy atom. The monoisotopic (exact) mass is 349 g/mol. The molecule has 1 aliphatic heterocycles. The van der Waals surface area contributed by atoms with Gasteiger partial charge in [-0.15, -0.1) is 0 Å². The summed E-state index contributed by atoms with van der Waals surface area (Å²) in [6, 6.07) is 5.15. The average Bonchev–Trinajstić information content (AvgIpc) is 2.57. The second kappa shape index (κ2) is 7.93. The molecule has 1 atom stereocenters. The Labute approximate surface area is 143 Å². The summed E-state index contributed by atoms with van der Waals surface area (Å²) >= 11 is 1.69. The van der Waals surface area contributed by atoms with Crippen LogP contribution in [0.3, 0.4) is 0 Å². The van der Waals surface area contributed by atoms with Crippen LogP contribution in [-0.2, 0) is 9.59 Å². The number of nitrogens with zero attached hydrogens (tertiary/aromatic N) is 2. The predicted molar refractivity (Wildman–Crippen MR) is 88.0 cm³/mol. The number of carbonyl (C=O) groups is 3. The maximum atomic E-state index is 14.0. The molecule has 2 rings (SSSR count). The van der Waals surface area contributed by atoms with Gasteiger partial charge in [0.05, 0.1) is 11.6 Å². The van der Waals surface area contributed by atoms with E-state index in [0.717, 1.165) is 23.6 Å². The van der Waals surface area contributed by atoms with Crippen molar-refractivity contribution in [2.45, 2.75) is 6.92 Å². The van der Waals surface area contributed by atoms with Gasteiger partial charge in [0.2, 0.25) is 11.8 Å². The summed E-state index contributed by atoms with van der Waals surface area (Å²) in [6.45, 7) is 2.20. The minimum atomic E-state index is -1.59. The average molecular weight is 349 g/mol. The van der Waals surface area contributed by atoms with Crippen molar-refractivity contribution in [1.29, 1.82) is 5.26 Å². The molecule has 1 aromatic rings. The third kappa shape index (κ3) is 4.11. The zero-order valence-electron chi connectivity index (χ0n) is 13.0. The minimum absolute atomic E-state index is 0.228. The van der Waals surface area contributed by atoms with Gasteiger partial charge >= 0.3 is 0 Å². The highest BCUT2D eigenvalue weighted by atomic mass is 32.2. The van der Waals surface area contributed by atoms with Crippen LogP contribution in [0.25, 0.3) is 0 Å². The molecule has 0 spiro atoms. The molecular formula is C16H16FN3O3S. The van der Waals surface area contributed by atoms with E-state index in [1.807, 2.05) is 0 Å². The SMILES string of the molecule is CC(=O)Nc1ccc(F)c(C(=O)[C@H](C#N)C(=O)N2CCSCC2)c1. The zero-order valence-corrected chi connectivity index (χ0v) is 13.9. The Kier molecular flexibility index (Phi) is 5.93. The first-order valence-electron chi connectivity index (χ1n) is 7.31. The summed E-state index contributed by atoms with van der Waals surface area (Å²) in [5.41, 5.74) is -0.154. The first-order valence-corrected chi connectivity index (χ1v) is 8.47. The molecule has 1 heterocycles. The van der Waals surface area contributed by atoms with Crippen LogP contribution in [-0.4, -0.2) is 47.1 Å². The van der Waals surface area contributed by atoms with Crippen molar-refractivity contribution in [3.8, 4) is 6.07 Å². The number of nitriles is 1. The van der Waals surface area contributed by atoms with E-state index in [4.69, 9.17) is 0 Å². The smallest absolute Gasteiger partial charge is 0.248 e. The molecule has 1 saturated heterocycles. The first-order chi connectivity index (χ1) is 11.4. The van der Waals surface area contributed by atoms with Gasteiger partial charge in [-0.2, -0.15) is 17.0 Å². The molecule has 1 aromatic carbocycles. The fourth-order valence-electron chi connectivity index (χ4n) is 2.34. The van der Waals surface area contributed by atoms with Gasteiger partial charge in [-0.25, -0.2) is 4.39 Å². The van der Waals surface area contributed by atoms with Crippen LogP contribution in [0.4, 0.5) is 10.1 Å². The maximum Gasteiger partial charge on any atom is 0.248 e. The fraction of sp³-hybridized carbons (Fsp3) is 0.375. The van der Waals surface area contributed by atoms with Crippen LogP contribution in [0.15, 0.2) is 18.2 Å². The van der Waals surface area contributed by atoms with Crippen molar-refractivity contribution >= 4 is 35.0 Å². The highest BCUT2D eigenvalue weighted by Gasteiger charge is 2.33.